The molecule has 60 valence electrons. The van der Waals surface area contributed by atoms with E-state index in [-0.39, 0.29) is 11.9 Å². The van der Waals surface area contributed by atoms with Crippen LogP contribution in [-0.4, -0.2) is 5.88 Å². The summed E-state index contributed by atoms with van der Waals surface area (Å²) in [4.78, 5) is 0. The summed E-state index contributed by atoms with van der Waals surface area (Å²) in [5.41, 5.74) is 6.30. The normalized spacial score (nSPS) is 13.0. The van der Waals surface area contributed by atoms with Crippen LogP contribution < -0.4 is 5.73 Å². The summed E-state index contributed by atoms with van der Waals surface area (Å²) in [6.45, 7) is 0. The minimum Gasteiger partial charge on any atom is -0.323 e. The number of hydrogen-bond donors (Lipinski definition) is 1. The molecular weight excluding hydrogens is 165 g/mol. The number of halogens is 2. The van der Waals surface area contributed by atoms with Gasteiger partial charge < -0.3 is 5.73 Å². The second kappa shape index (κ2) is 3.69. The molecule has 0 aromatic heterocycles. The lowest BCUT2D eigenvalue weighted by Crippen LogP contribution is -2.11. The zero-order valence-electron chi connectivity index (χ0n) is 5.93. The van der Waals surface area contributed by atoms with Gasteiger partial charge in [-0.1, -0.05) is 12.1 Å². The molecule has 0 heterocycles. The van der Waals surface area contributed by atoms with Crippen LogP contribution in [0.2, 0.25) is 0 Å². The van der Waals surface area contributed by atoms with Crippen LogP contribution in [0.1, 0.15) is 11.6 Å². The maximum atomic E-state index is 12.6. The monoisotopic (exact) mass is 173 g/mol. The first-order chi connectivity index (χ1) is 5.24. The summed E-state index contributed by atoms with van der Waals surface area (Å²) in [7, 11) is 0. The quantitative estimate of drug-likeness (QED) is 0.681. The highest BCUT2D eigenvalue weighted by molar-refractivity contribution is 6.18. The van der Waals surface area contributed by atoms with E-state index in [1.807, 2.05) is 0 Å². The van der Waals surface area contributed by atoms with Gasteiger partial charge in [0.05, 0.1) is 0 Å². The maximum absolute atomic E-state index is 12.6. The molecule has 1 nitrogen and oxygen atoms in total. The van der Waals surface area contributed by atoms with Crippen LogP contribution in [0, 0.1) is 5.82 Å². The molecule has 2 N–H and O–H groups in total. The van der Waals surface area contributed by atoms with Crippen LogP contribution in [0.15, 0.2) is 24.3 Å². The fourth-order valence-corrected chi connectivity index (χ4v) is 1.00. The Morgan fingerprint density at radius 1 is 1.55 bits per heavy atom. The second-order valence-corrected chi connectivity index (χ2v) is 2.62. The van der Waals surface area contributed by atoms with Crippen molar-refractivity contribution in [3.8, 4) is 0 Å². The molecule has 0 saturated heterocycles. The van der Waals surface area contributed by atoms with Crippen molar-refractivity contribution in [3.63, 3.8) is 0 Å². The van der Waals surface area contributed by atoms with Crippen LogP contribution in [0.4, 0.5) is 4.39 Å². The molecule has 0 saturated carbocycles. The average molecular weight is 174 g/mol. The number of benzene rings is 1. The SMILES string of the molecule is N[C@@H](CCl)c1cccc(F)c1. The summed E-state index contributed by atoms with van der Waals surface area (Å²) in [5.74, 6) is 0.0340. The van der Waals surface area contributed by atoms with Crippen LogP contribution in [0.25, 0.3) is 0 Å². The first-order valence-corrected chi connectivity index (χ1v) is 3.84. The fourth-order valence-electron chi connectivity index (χ4n) is 0.826. The van der Waals surface area contributed by atoms with Gasteiger partial charge in [0.25, 0.3) is 0 Å². The molecule has 0 unspecified atom stereocenters. The minimum absolute atomic E-state index is 0.271. The van der Waals surface area contributed by atoms with Crippen molar-refractivity contribution < 1.29 is 4.39 Å². The Bertz CT molecular complexity index is 239. The molecule has 0 spiro atoms. The lowest BCUT2D eigenvalue weighted by atomic mass is 10.1. The zero-order chi connectivity index (χ0) is 8.27. The van der Waals surface area contributed by atoms with E-state index < -0.39 is 0 Å². The van der Waals surface area contributed by atoms with Gasteiger partial charge in [0.2, 0.25) is 0 Å². The van der Waals surface area contributed by atoms with Crippen molar-refractivity contribution in [1.29, 1.82) is 0 Å². The minimum atomic E-state index is -0.275. The van der Waals surface area contributed by atoms with E-state index in [1.54, 1.807) is 12.1 Å². The van der Waals surface area contributed by atoms with Crippen LogP contribution >= 0.6 is 11.6 Å². The van der Waals surface area contributed by atoms with Crippen molar-refractivity contribution in [2.24, 2.45) is 5.73 Å². The van der Waals surface area contributed by atoms with Crippen LogP contribution in [-0.2, 0) is 0 Å². The Balaban J connectivity index is 2.86. The summed E-state index contributed by atoms with van der Waals surface area (Å²) in [6.07, 6.45) is 0. The topological polar surface area (TPSA) is 26.0 Å². The van der Waals surface area contributed by atoms with Gasteiger partial charge in [0.1, 0.15) is 5.82 Å². The predicted molar refractivity (Wildman–Crippen MR) is 44.0 cm³/mol. The van der Waals surface area contributed by atoms with E-state index in [1.165, 1.54) is 12.1 Å². The molecule has 1 aromatic rings. The molecule has 0 fully saturated rings. The lowest BCUT2D eigenvalue weighted by Gasteiger charge is -2.06. The summed E-state index contributed by atoms with van der Waals surface area (Å²) < 4.78 is 12.6. The number of hydrogen-bond acceptors (Lipinski definition) is 1. The molecule has 0 aliphatic heterocycles. The van der Waals surface area contributed by atoms with Crippen LogP contribution in [0.3, 0.4) is 0 Å². The molecule has 0 amide bonds. The second-order valence-electron chi connectivity index (χ2n) is 2.32. The van der Waals surface area contributed by atoms with E-state index in [0.29, 0.717) is 5.88 Å². The molecule has 1 atom stereocenters. The third-order valence-electron chi connectivity index (χ3n) is 1.44. The average Bonchev–Trinajstić information content (AvgIpc) is 2.03. The molecule has 0 aliphatic carbocycles. The molecule has 0 bridgehead atoms. The predicted octanol–water partition coefficient (Wildman–Crippen LogP) is 2.06. The fraction of sp³-hybridized carbons (Fsp3) is 0.250. The number of alkyl halides is 1. The highest BCUT2D eigenvalue weighted by Gasteiger charge is 2.03. The van der Waals surface area contributed by atoms with Crippen molar-refractivity contribution in [2.45, 2.75) is 6.04 Å². The Morgan fingerprint density at radius 2 is 2.27 bits per heavy atom. The van der Waals surface area contributed by atoms with Gasteiger partial charge >= 0.3 is 0 Å². The number of rotatable bonds is 2. The van der Waals surface area contributed by atoms with Crippen molar-refractivity contribution in [2.75, 3.05) is 5.88 Å². The van der Waals surface area contributed by atoms with Gasteiger partial charge in [-0.05, 0) is 17.7 Å². The summed E-state index contributed by atoms with van der Waals surface area (Å²) in [5, 5.41) is 0. The highest BCUT2D eigenvalue weighted by Crippen LogP contribution is 2.12. The molecule has 1 aromatic carbocycles. The Morgan fingerprint density at radius 3 is 2.82 bits per heavy atom. The third kappa shape index (κ3) is 2.17. The van der Waals surface area contributed by atoms with E-state index in [9.17, 15) is 4.39 Å². The standard InChI is InChI=1S/C8H9ClFN/c9-5-8(11)6-2-1-3-7(10)4-6/h1-4,8H,5,11H2/t8-/m0/s1. The summed E-state index contributed by atoms with van der Waals surface area (Å²) in [6, 6.07) is 5.89. The zero-order valence-corrected chi connectivity index (χ0v) is 6.68. The third-order valence-corrected chi connectivity index (χ3v) is 1.78. The number of nitrogens with two attached hydrogens (primary N) is 1. The van der Waals surface area contributed by atoms with Crippen molar-refractivity contribution in [1.82, 2.24) is 0 Å². The van der Waals surface area contributed by atoms with E-state index in [2.05, 4.69) is 0 Å². The molecule has 0 aliphatic rings. The molecule has 3 heteroatoms. The van der Waals surface area contributed by atoms with E-state index in [0.717, 1.165) is 5.56 Å². The molecule has 1 rings (SSSR count). The Labute approximate surface area is 70.0 Å². The van der Waals surface area contributed by atoms with E-state index in [4.69, 9.17) is 17.3 Å². The van der Waals surface area contributed by atoms with Crippen molar-refractivity contribution in [3.05, 3.63) is 35.6 Å². The largest absolute Gasteiger partial charge is 0.323 e. The first kappa shape index (κ1) is 8.50. The molecular formula is C8H9ClFN. The highest BCUT2D eigenvalue weighted by atomic mass is 35.5. The van der Waals surface area contributed by atoms with Gasteiger partial charge in [-0.3, -0.25) is 0 Å². The maximum Gasteiger partial charge on any atom is 0.123 e. The molecule has 11 heavy (non-hydrogen) atoms. The van der Waals surface area contributed by atoms with Gasteiger partial charge in [-0.15, -0.1) is 11.6 Å². The van der Waals surface area contributed by atoms with Gasteiger partial charge in [-0.2, -0.15) is 0 Å². The van der Waals surface area contributed by atoms with Crippen LogP contribution in [0.5, 0.6) is 0 Å². The van der Waals surface area contributed by atoms with Gasteiger partial charge in [0.15, 0.2) is 0 Å². The lowest BCUT2D eigenvalue weighted by molar-refractivity contribution is 0.622. The summed E-state index contributed by atoms with van der Waals surface area (Å²) >= 11 is 5.49. The molecule has 0 radical (unpaired) electrons. The smallest absolute Gasteiger partial charge is 0.123 e. The van der Waals surface area contributed by atoms with Gasteiger partial charge in [-0.25, -0.2) is 4.39 Å². The Kier molecular flexibility index (Phi) is 2.85. The van der Waals surface area contributed by atoms with E-state index >= 15 is 0 Å². The van der Waals surface area contributed by atoms with Gasteiger partial charge in [0, 0.05) is 11.9 Å². The first-order valence-electron chi connectivity index (χ1n) is 3.31. The Hall–Kier alpha value is -0.600. The van der Waals surface area contributed by atoms with Crippen molar-refractivity contribution >= 4 is 11.6 Å².